The highest BCUT2D eigenvalue weighted by molar-refractivity contribution is 5.76. The van der Waals surface area contributed by atoms with Crippen molar-refractivity contribution in [1.29, 1.82) is 0 Å². The summed E-state index contributed by atoms with van der Waals surface area (Å²) in [5.74, 6) is -0.0436. The summed E-state index contributed by atoms with van der Waals surface area (Å²) in [6.45, 7) is 4.13. The van der Waals surface area contributed by atoms with E-state index in [1.165, 1.54) is 96.3 Å². The van der Waals surface area contributed by atoms with Gasteiger partial charge in [0.2, 0.25) is 5.91 Å². The fourth-order valence-corrected chi connectivity index (χ4v) is 6.73. The quantitative estimate of drug-likeness (QED) is 0.0426. The fourth-order valence-electron chi connectivity index (χ4n) is 6.73. The lowest BCUT2D eigenvalue weighted by molar-refractivity contribution is -0.123. The summed E-state index contributed by atoms with van der Waals surface area (Å²) >= 11 is 0. The largest absolute Gasteiger partial charge is 0.394 e. The average molecular weight is 790 g/mol. The molecule has 2 atom stereocenters. The van der Waals surface area contributed by atoms with Crippen LogP contribution in [0.2, 0.25) is 0 Å². The molecular weight excluding hydrogens is 699 g/mol. The van der Waals surface area contributed by atoms with Gasteiger partial charge < -0.3 is 15.5 Å². The molecule has 4 nitrogen and oxygen atoms in total. The van der Waals surface area contributed by atoms with E-state index >= 15 is 0 Å². The third kappa shape index (κ3) is 44.3. The summed E-state index contributed by atoms with van der Waals surface area (Å²) in [5.41, 5.74) is 0. The zero-order valence-electron chi connectivity index (χ0n) is 37.3. The van der Waals surface area contributed by atoms with Crippen LogP contribution in [0.5, 0.6) is 0 Å². The summed E-state index contributed by atoms with van der Waals surface area (Å²) in [4.78, 5) is 12.2. The fraction of sp³-hybridized carbons (Fsp3) is 0.679. The first-order valence-electron chi connectivity index (χ1n) is 23.9. The molecule has 0 aromatic rings. The maximum absolute atomic E-state index is 12.2. The highest BCUT2D eigenvalue weighted by atomic mass is 16.3. The molecule has 0 aromatic carbocycles. The van der Waals surface area contributed by atoms with E-state index in [9.17, 15) is 15.0 Å². The Bertz CT molecular complexity index is 1080. The molecule has 0 aliphatic rings. The molecule has 0 aromatic heterocycles. The average Bonchev–Trinajstić information content (AvgIpc) is 3.22. The molecule has 0 fully saturated rings. The van der Waals surface area contributed by atoms with Gasteiger partial charge in [0.25, 0.3) is 0 Å². The van der Waals surface area contributed by atoms with Crippen molar-refractivity contribution in [2.24, 2.45) is 0 Å². The molecule has 57 heavy (non-hydrogen) atoms. The van der Waals surface area contributed by atoms with Crippen molar-refractivity contribution in [3.05, 3.63) is 97.2 Å². The minimum Gasteiger partial charge on any atom is -0.394 e. The van der Waals surface area contributed by atoms with Crippen LogP contribution in [0, 0.1) is 0 Å². The SMILES string of the molecule is CC/C=C\C/C=C\C/C=C\C/C=C\C/C=C\C/C=C\C/C=C\C/C=C\CCCCCCCCCCCCCCCCCCC(=O)NC(CO)C(O)CCCCCC. The maximum Gasteiger partial charge on any atom is 0.220 e. The highest BCUT2D eigenvalue weighted by Crippen LogP contribution is 2.15. The molecular formula is C53H91NO3. The standard InChI is InChI=1S/C53H91NO3/c1-3-5-7-9-10-11-12-13-14-15-16-17-18-19-20-21-22-23-24-25-26-27-28-29-30-31-32-33-34-35-36-37-38-39-40-41-42-43-44-45-47-49-53(57)54-51(50-55)52(56)48-46-8-6-4-2/h5,7,10-11,13-14,16-17,19-20,22-23,25-26,28-29,51-52,55-56H,3-4,6,8-9,12,15,18,21,24,27,30-50H2,1-2H3,(H,54,57)/b7-5-,11-10-,14-13-,17-16-,20-19-,23-22-,26-25-,29-28-. The number of amides is 1. The number of allylic oxidation sites excluding steroid dienone is 16. The van der Waals surface area contributed by atoms with Gasteiger partial charge in [0.1, 0.15) is 0 Å². The predicted molar refractivity (Wildman–Crippen MR) is 253 cm³/mol. The van der Waals surface area contributed by atoms with Crippen molar-refractivity contribution in [2.75, 3.05) is 6.61 Å². The molecule has 1 amide bonds. The molecule has 0 radical (unpaired) electrons. The Morgan fingerprint density at radius 3 is 1.14 bits per heavy atom. The predicted octanol–water partition coefficient (Wildman–Crippen LogP) is 15.4. The first kappa shape index (κ1) is 54.3. The van der Waals surface area contributed by atoms with Crippen LogP contribution in [0.15, 0.2) is 97.2 Å². The summed E-state index contributed by atoms with van der Waals surface area (Å²) < 4.78 is 0. The second-order valence-electron chi connectivity index (χ2n) is 15.8. The van der Waals surface area contributed by atoms with E-state index in [0.717, 1.165) is 89.9 Å². The zero-order chi connectivity index (χ0) is 41.4. The van der Waals surface area contributed by atoms with Gasteiger partial charge in [0, 0.05) is 6.42 Å². The Morgan fingerprint density at radius 2 is 0.772 bits per heavy atom. The van der Waals surface area contributed by atoms with Gasteiger partial charge in [-0.3, -0.25) is 4.79 Å². The van der Waals surface area contributed by atoms with Crippen molar-refractivity contribution in [3.63, 3.8) is 0 Å². The van der Waals surface area contributed by atoms with Gasteiger partial charge >= 0.3 is 0 Å². The third-order valence-electron chi connectivity index (χ3n) is 10.4. The molecule has 0 spiro atoms. The Labute approximate surface area is 353 Å². The van der Waals surface area contributed by atoms with E-state index in [0.29, 0.717) is 12.8 Å². The lowest BCUT2D eigenvalue weighted by atomic mass is 10.0. The number of rotatable bonds is 42. The van der Waals surface area contributed by atoms with Crippen molar-refractivity contribution in [3.8, 4) is 0 Å². The lowest BCUT2D eigenvalue weighted by Gasteiger charge is -2.22. The monoisotopic (exact) mass is 790 g/mol. The second kappa shape index (κ2) is 47.7. The zero-order valence-corrected chi connectivity index (χ0v) is 37.3. The number of aliphatic hydroxyl groups excluding tert-OH is 2. The highest BCUT2D eigenvalue weighted by Gasteiger charge is 2.19. The van der Waals surface area contributed by atoms with Gasteiger partial charge in [-0.25, -0.2) is 0 Å². The van der Waals surface area contributed by atoms with Gasteiger partial charge in [0.15, 0.2) is 0 Å². The molecule has 0 aliphatic heterocycles. The van der Waals surface area contributed by atoms with Crippen LogP contribution in [0.4, 0.5) is 0 Å². The molecule has 0 aliphatic carbocycles. The number of nitrogens with one attached hydrogen (secondary N) is 1. The molecule has 0 saturated carbocycles. The number of carbonyl (C=O) groups excluding carboxylic acids is 1. The summed E-state index contributed by atoms with van der Waals surface area (Å²) in [5, 5.41) is 22.7. The summed E-state index contributed by atoms with van der Waals surface area (Å²) in [6, 6.07) is -0.535. The van der Waals surface area contributed by atoms with Crippen LogP contribution < -0.4 is 5.32 Å². The van der Waals surface area contributed by atoms with Crippen LogP contribution in [-0.2, 0) is 4.79 Å². The van der Waals surface area contributed by atoms with Gasteiger partial charge in [0.05, 0.1) is 18.8 Å². The van der Waals surface area contributed by atoms with Crippen LogP contribution in [0.3, 0.4) is 0 Å². The van der Waals surface area contributed by atoms with Gasteiger partial charge in [-0.05, 0) is 77.0 Å². The molecule has 326 valence electrons. The van der Waals surface area contributed by atoms with Crippen molar-refractivity contribution in [2.45, 2.75) is 225 Å². The van der Waals surface area contributed by atoms with Crippen LogP contribution in [0.25, 0.3) is 0 Å². The summed E-state index contributed by atoms with van der Waals surface area (Å²) in [6.07, 6.45) is 71.3. The lowest BCUT2D eigenvalue weighted by Crippen LogP contribution is -2.45. The smallest absolute Gasteiger partial charge is 0.220 e. The van der Waals surface area contributed by atoms with E-state index < -0.39 is 12.1 Å². The maximum atomic E-state index is 12.2. The summed E-state index contributed by atoms with van der Waals surface area (Å²) in [7, 11) is 0. The second-order valence-corrected chi connectivity index (χ2v) is 15.8. The minimum absolute atomic E-state index is 0.0436. The van der Waals surface area contributed by atoms with E-state index in [-0.39, 0.29) is 12.5 Å². The van der Waals surface area contributed by atoms with E-state index in [1.54, 1.807) is 0 Å². The van der Waals surface area contributed by atoms with Crippen molar-refractivity contribution >= 4 is 5.91 Å². The molecule has 0 saturated heterocycles. The van der Waals surface area contributed by atoms with Crippen molar-refractivity contribution < 1.29 is 15.0 Å². The number of carbonyl (C=O) groups is 1. The van der Waals surface area contributed by atoms with Gasteiger partial charge in [-0.1, -0.05) is 227 Å². The van der Waals surface area contributed by atoms with Gasteiger partial charge in [-0.2, -0.15) is 0 Å². The third-order valence-corrected chi connectivity index (χ3v) is 10.4. The van der Waals surface area contributed by atoms with Crippen LogP contribution >= 0.6 is 0 Å². The number of hydrogen-bond acceptors (Lipinski definition) is 3. The Morgan fingerprint density at radius 1 is 0.439 bits per heavy atom. The Kier molecular flexibility index (Phi) is 45.4. The molecule has 4 heteroatoms. The van der Waals surface area contributed by atoms with Gasteiger partial charge in [-0.15, -0.1) is 0 Å². The van der Waals surface area contributed by atoms with Crippen molar-refractivity contribution in [1.82, 2.24) is 5.32 Å². The normalized spacial score (nSPS) is 13.8. The molecule has 0 bridgehead atoms. The minimum atomic E-state index is -0.658. The Hall–Kier alpha value is -2.69. The molecule has 3 N–H and O–H groups in total. The number of unbranched alkanes of at least 4 members (excludes halogenated alkanes) is 19. The van der Waals surface area contributed by atoms with E-state index in [2.05, 4.69) is 116 Å². The first-order chi connectivity index (χ1) is 28.2. The first-order valence-corrected chi connectivity index (χ1v) is 23.9. The number of hydrogen-bond donors (Lipinski definition) is 3. The van der Waals surface area contributed by atoms with E-state index in [4.69, 9.17) is 0 Å². The Balaban J connectivity index is 3.45. The molecule has 0 rings (SSSR count). The molecule has 0 heterocycles. The van der Waals surface area contributed by atoms with Crippen LogP contribution in [0.1, 0.15) is 213 Å². The molecule has 2 unspecified atom stereocenters. The topological polar surface area (TPSA) is 69.6 Å². The van der Waals surface area contributed by atoms with Crippen LogP contribution in [-0.4, -0.2) is 34.9 Å². The van der Waals surface area contributed by atoms with E-state index in [1.807, 2.05) is 0 Å². The number of aliphatic hydroxyl groups is 2.